The first-order chi connectivity index (χ1) is 18.5. The van der Waals surface area contributed by atoms with Crippen molar-refractivity contribution in [2.75, 3.05) is 27.0 Å². The van der Waals surface area contributed by atoms with E-state index in [9.17, 15) is 9.18 Å². The molecule has 0 N–H and O–H groups in total. The van der Waals surface area contributed by atoms with E-state index in [0.29, 0.717) is 35.6 Å². The number of methoxy groups -OCH3 is 1. The van der Waals surface area contributed by atoms with Gasteiger partial charge in [-0.3, -0.25) is 0 Å². The number of nitrogens with zero attached hydrogens (tertiary/aromatic N) is 5. The molecule has 204 valence electrons. The van der Waals surface area contributed by atoms with E-state index >= 15 is 4.39 Å². The van der Waals surface area contributed by atoms with Crippen LogP contribution in [0.25, 0.3) is 28.0 Å². The number of halogens is 2. The third kappa shape index (κ3) is 5.53. The first-order valence-electron chi connectivity index (χ1n) is 12.4. The standard InChI is InChI=1S/C28H29F2N5O4/c1-16-11-34-12-18(9-21(30)26(34)31-16)17-8-20(29)25(24(10-17)38-15-37-5)23-7-6-22(32-33-23)19-13-35(14-19)27(36)39-28(2,3)4/h6-12,19H,13-15H2,1-5H3. The molecule has 4 aromatic rings. The van der Waals surface area contributed by atoms with Crippen LogP contribution in [0, 0.1) is 18.6 Å². The lowest BCUT2D eigenvalue weighted by atomic mass is 9.96. The summed E-state index contributed by atoms with van der Waals surface area (Å²) in [5, 5.41) is 8.55. The predicted octanol–water partition coefficient (Wildman–Crippen LogP) is 5.36. The summed E-state index contributed by atoms with van der Waals surface area (Å²) in [4.78, 5) is 18.0. The average molecular weight is 538 g/mol. The van der Waals surface area contributed by atoms with E-state index in [4.69, 9.17) is 14.2 Å². The highest BCUT2D eigenvalue weighted by Gasteiger charge is 2.35. The Hall–Kier alpha value is -4.12. The number of ether oxygens (including phenoxy) is 3. The number of carbonyl (C=O) groups excluding carboxylic acids is 1. The van der Waals surface area contributed by atoms with Crippen LogP contribution in [0.1, 0.15) is 38.1 Å². The number of fused-ring (bicyclic) bond motifs is 1. The van der Waals surface area contributed by atoms with Crippen LogP contribution in [-0.2, 0) is 9.47 Å². The lowest BCUT2D eigenvalue weighted by Gasteiger charge is -2.39. The fourth-order valence-corrected chi connectivity index (χ4v) is 4.41. The molecule has 0 bridgehead atoms. The third-order valence-electron chi connectivity index (χ3n) is 6.24. The number of aromatic nitrogens is 4. The van der Waals surface area contributed by atoms with Crippen LogP contribution in [0.15, 0.2) is 42.7 Å². The maximum absolute atomic E-state index is 15.6. The van der Waals surface area contributed by atoms with Gasteiger partial charge in [-0.25, -0.2) is 18.6 Å². The molecule has 1 aliphatic heterocycles. The summed E-state index contributed by atoms with van der Waals surface area (Å²) in [7, 11) is 1.46. The summed E-state index contributed by atoms with van der Waals surface area (Å²) in [5.74, 6) is -0.946. The van der Waals surface area contributed by atoms with Crippen molar-refractivity contribution in [1.29, 1.82) is 0 Å². The van der Waals surface area contributed by atoms with E-state index in [1.165, 1.54) is 19.2 Å². The van der Waals surface area contributed by atoms with Crippen LogP contribution in [0.4, 0.5) is 13.6 Å². The van der Waals surface area contributed by atoms with Crippen molar-refractivity contribution in [3.63, 3.8) is 0 Å². The fraction of sp³-hybridized carbons (Fsp3) is 0.357. The molecular weight excluding hydrogens is 508 g/mol. The Morgan fingerprint density at radius 2 is 1.79 bits per heavy atom. The molecule has 1 fully saturated rings. The monoisotopic (exact) mass is 537 g/mol. The van der Waals surface area contributed by atoms with Crippen LogP contribution >= 0.6 is 0 Å². The van der Waals surface area contributed by atoms with Gasteiger partial charge in [0.05, 0.1) is 22.6 Å². The maximum Gasteiger partial charge on any atom is 0.410 e. The smallest absolute Gasteiger partial charge is 0.410 e. The van der Waals surface area contributed by atoms with Crippen LogP contribution in [0.5, 0.6) is 5.75 Å². The Labute approximate surface area is 224 Å². The molecule has 1 amide bonds. The lowest BCUT2D eigenvalue weighted by Crippen LogP contribution is -2.50. The highest BCUT2D eigenvalue weighted by Crippen LogP contribution is 2.37. The van der Waals surface area contributed by atoms with Gasteiger partial charge in [-0.1, -0.05) is 0 Å². The van der Waals surface area contributed by atoms with Crippen molar-refractivity contribution in [1.82, 2.24) is 24.5 Å². The maximum atomic E-state index is 15.6. The molecule has 0 atom stereocenters. The van der Waals surface area contributed by atoms with E-state index in [0.717, 1.165) is 0 Å². The summed E-state index contributed by atoms with van der Waals surface area (Å²) in [6, 6.07) is 7.65. The van der Waals surface area contributed by atoms with Crippen LogP contribution in [0.3, 0.4) is 0 Å². The predicted molar refractivity (Wildman–Crippen MR) is 139 cm³/mol. The Bertz CT molecular complexity index is 1530. The molecular formula is C28H29F2N5O4. The zero-order valence-electron chi connectivity index (χ0n) is 22.4. The molecule has 4 heterocycles. The molecule has 1 aliphatic rings. The minimum absolute atomic E-state index is 0.00660. The number of pyridine rings is 1. The van der Waals surface area contributed by atoms with Gasteiger partial charge in [0.1, 0.15) is 17.2 Å². The summed E-state index contributed by atoms with van der Waals surface area (Å²) < 4.78 is 48.0. The topological polar surface area (TPSA) is 91.1 Å². The van der Waals surface area contributed by atoms with Crippen LogP contribution < -0.4 is 4.74 Å². The van der Waals surface area contributed by atoms with Crippen LogP contribution in [-0.4, -0.2) is 63.2 Å². The average Bonchev–Trinajstić information content (AvgIpc) is 3.22. The minimum atomic E-state index is -0.609. The second kappa shape index (κ2) is 10.2. The zero-order valence-corrected chi connectivity index (χ0v) is 22.4. The van der Waals surface area contributed by atoms with Crippen molar-refractivity contribution in [2.24, 2.45) is 0 Å². The molecule has 11 heteroatoms. The van der Waals surface area contributed by atoms with Gasteiger partial charge in [-0.15, -0.1) is 5.10 Å². The van der Waals surface area contributed by atoms with Gasteiger partial charge in [0.25, 0.3) is 0 Å². The number of hydrogen-bond acceptors (Lipinski definition) is 7. The third-order valence-corrected chi connectivity index (χ3v) is 6.24. The lowest BCUT2D eigenvalue weighted by molar-refractivity contribution is 0.00779. The number of amides is 1. The van der Waals surface area contributed by atoms with Crippen molar-refractivity contribution in [3.05, 3.63) is 65.7 Å². The number of rotatable bonds is 6. The van der Waals surface area contributed by atoms with E-state index in [1.807, 2.05) is 20.8 Å². The first kappa shape index (κ1) is 26.5. The number of benzene rings is 1. The van der Waals surface area contributed by atoms with Gasteiger partial charge < -0.3 is 23.5 Å². The van der Waals surface area contributed by atoms with Gasteiger partial charge in [-0.2, -0.15) is 5.10 Å². The molecule has 0 radical (unpaired) electrons. The van der Waals surface area contributed by atoms with E-state index in [1.54, 1.807) is 46.8 Å². The van der Waals surface area contributed by atoms with Gasteiger partial charge in [0, 0.05) is 44.1 Å². The summed E-state index contributed by atoms with van der Waals surface area (Å²) >= 11 is 0. The van der Waals surface area contributed by atoms with Crippen LogP contribution in [0.2, 0.25) is 0 Å². The van der Waals surface area contributed by atoms with Gasteiger partial charge >= 0.3 is 6.09 Å². The van der Waals surface area contributed by atoms with Crippen molar-refractivity contribution < 1.29 is 27.8 Å². The van der Waals surface area contributed by atoms with Crippen molar-refractivity contribution >= 4 is 11.7 Å². The van der Waals surface area contributed by atoms with Gasteiger partial charge in [-0.05, 0) is 63.6 Å². The molecule has 9 nitrogen and oxygen atoms in total. The molecule has 0 saturated carbocycles. The summed E-state index contributed by atoms with van der Waals surface area (Å²) in [6.45, 7) is 8.03. The molecule has 0 aliphatic carbocycles. The largest absolute Gasteiger partial charge is 0.467 e. The Balaban J connectivity index is 1.41. The van der Waals surface area contributed by atoms with E-state index < -0.39 is 17.2 Å². The molecule has 0 unspecified atom stereocenters. The SMILES string of the molecule is COCOc1cc(-c2cc(F)c3nc(C)cn3c2)cc(F)c1-c1ccc(C2CN(C(=O)OC(C)(C)C)C2)nn1. The Morgan fingerprint density at radius 3 is 2.46 bits per heavy atom. The molecule has 39 heavy (non-hydrogen) atoms. The number of imidazole rings is 1. The Morgan fingerprint density at radius 1 is 1.05 bits per heavy atom. The van der Waals surface area contributed by atoms with E-state index in [2.05, 4.69) is 15.2 Å². The number of aryl methyl sites for hydroxylation is 1. The number of carbonyl (C=O) groups is 1. The van der Waals surface area contributed by atoms with Crippen molar-refractivity contribution in [2.45, 2.75) is 39.2 Å². The first-order valence-corrected chi connectivity index (χ1v) is 12.4. The summed E-state index contributed by atoms with van der Waals surface area (Å²) in [5.41, 5.74) is 2.23. The second-order valence-corrected chi connectivity index (χ2v) is 10.5. The summed E-state index contributed by atoms with van der Waals surface area (Å²) in [6.07, 6.45) is 3.01. The molecule has 1 saturated heterocycles. The highest BCUT2D eigenvalue weighted by molar-refractivity contribution is 5.76. The fourth-order valence-electron chi connectivity index (χ4n) is 4.41. The van der Waals surface area contributed by atoms with E-state index in [-0.39, 0.29) is 41.5 Å². The minimum Gasteiger partial charge on any atom is -0.467 e. The molecule has 0 spiro atoms. The van der Waals surface area contributed by atoms with Crippen molar-refractivity contribution in [3.8, 4) is 28.1 Å². The molecule has 5 rings (SSSR count). The van der Waals surface area contributed by atoms with Gasteiger partial charge in [0.2, 0.25) is 0 Å². The molecule has 1 aromatic carbocycles. The highest BCUT2D eigenvalue weighted by atomic mass is 19.1. The number of likely N-dealkylation sites (tertiary alicyclic amines) is 1. The zero-order chi connectivity index (χ0) is 27.9. The quantitative estimate of drug-likeness (QED) is 0.306. The second-order valence-electron chi connectivity index (χ2n) is 10.5. The number of hydrogen-bond donors (Lipinski definition) is 0. The Kier molecular flexibility index (Phi) is 6.94. The normalized spacial score (nSPS) is 14.0. The molecule has 3 aromatic heterocycles. The van der Waals surface area contributed by atoms with Gasteiger partial charge in [0.15, 0.2) is 18.3 Å².